The number of nitrogens with two attached hydrogens (primary N) is 1. The van der Waals surface area contributed by atoms with Gasteiger partial charge in [0.2, 0.25) is 0 Å². The van der Waals surface area contributed by atoms with Gasteiger partial charge in [0.05, 0.1) is 11.2 Å². The number of nitrogens with zero attached hydrogens (tertiary/aromatic N) is 2. The number of hydrogen-bond donors (Lipinski definition) is 3. The number of likely N-dealkylation sites (N-methyl/N-ethyl adjacent to an activating group) is 1. The SMILES string of the molecule is CN(Cc1cccc(/C(N)=N/O)c1F)CC1(O)CCCC1. The molecule has 4 N–H and O–H groups in total. The minimum atomic E-state index is -0.658. The molecule has 0 aromatic heterocycles. The molecule has 116 valence electrons. The summed E-state index contributed by atoms with van der Waals surface area (Å²) in [5.74, 6) is -0.732. The first kappa shape index (κ1) is 15.7. The molecule has 2 rings (SSSR count). The zero-order chi connectivity index (χ0) is 15.5. The van der Waals surface area contributed by atoms with Gasteiger partial charge in [-0.1, -0.05) is 30.1 Å². The van der Waals surface area contributed by atoms with E-state index in [4.69, 9.17) is 10.9 Å². The molecule has 1 fully saturated rings. The minimum Gasteiger partial charge on any atom is -0.409 e. The van der Waals surface area contributed by atoms with E-state index in [1.54, 1.807) is 12.1 Å². The monoisotopic (exact) mass is 295 g/mol. The van der Waals surface area contributed by atoms with Crippen LogP contribution >= 0.6 is 0 Å². The molecule has 1 saturated carbocycles. The first-order chi connectivity index (χ1) is 9.95. The fourth-order valence-electron chi connectivity index (χ4n) is 2.99. The van der Waals surface area contributed by atoms with E-state index in [1.807, 2.05) is 11.9 Å². The van der Waals surface area contributed by atoms with Gasteiger partial charge < -0.3 is 16.0 Å². The van der Waals surface area contributed by atoms with Crippen LogP contribution in [0.2, 0.25) is 0 Å². The van der Waals surface area contributed by atoms with Crippen LogP contribution in [0.1, 0.15) is 36.8 Å². The molecule has 1 aliphatic carbocycles. The van der Waals surface area contributed by atoms with Crippen LogP contribution < -0.4 is 5.73 Å². The second-order valence-electron chi connectivity index (χ2n) is 5.87. The van der Waals surface area contributed by atoms with Crippen LogP contribution in [0.15, 0.2) is 23.4 Å². The molecule has 5 nitrogen and oxygen atoms in total. The van der Waals surface area contributed by atoms with Gasteiger partial charge in [-0.25, -0.2) is 4.39 Å². The van der Waals surface area contributed by atoms with Gasteiger partial charge in [-0.3, -0.25) is 4.90 Å². The van der Waals surface area contributed by atoms with Crippen molar-refractivity contribution in [2.24, 2.45) is 10.9 Å². The Hall–Kier alpha value is -1.66. The van der Waals surface area contributed by atoms with Crippen LogP contribution in [-0.4, -0.2) is 40.2 Å². The maximum atomic E-state index is 14.3. The predicted octanol–water partition coefficient (Wildman–Crippen LogP) is 1.66. The van der Waals surface area contributed by atoms with Crippen molar-refractivity contribution in [1.29, 1.82) is 0 Å². The summed E-state index contributed by atoms with van der Waals surface area (Å²) < 4.78 is 14.3. The molecule has 0 radical (unpaired) electrons. The van der Waals surface area contributed by atoms with Crippen LogP contribution in [0.5, 0.6) is 0 Å². The first-order valence-electron chi connectivity index (χ1n) is 7.11. The second-order valence-corrected chi connectivity index (χ2v) is 5.87. The molecule has 1 aromatic rings. The summed E-state index contributed by atoms with van der Waals surface area (Å²) >= 11 is 0. The van der Waals surface area contributed by atoms with Crippen molar-refractivity contribution in [1.82, 2.24) is 4.90 Å². The molecular weight excluding hydrogens is 273 g/mol. The van der Waals surface area contributed by atoms with Gasteiger partial charge in [-0.05, 0) is 26.0 Å². The van der Waals surface area contributed by atoms with Crippen LogP contribution in [0.3, 0.4) is 0 Å². The highest BCUT2D eigenvalue weighted by atomic mass is 19.1. The van der Waals surface area contributed by atoms with E-state index in [0.717, 1.165) is 25.7 Å². The topological polar surface area (TPSA) is 82.1 Å². The molecule has 0 amide bonds. The van der Waals surface area contributed by atoms with Gasteiger partial charge in [0.15, 0.2) is 5.84 Å². The highest BCUT2D eigenvalue weighted by Crippen LogP contribution is 2.30. The van der Waals surface area contributed by atoms with Gasteiger partial charge in [-0.15, -0.1) is 0 Å². The number of amidine groups is 1. The van der Waals surface area contributed by atoms with Crippen LogP contribution in [0, 0.1) is 5.82 Å². The van der Waals surface area contributed by atoms with Crippen molar-refractivity contribution in [3.63, 3.8) is 0 Å². The van der Waals surface area contributed by atoms with Crippen molar-refractivity contribution < 1.29 is 14.7 Å². The molecule has 1 aliphatic rings. The zero-order valence-electron chi connectivity index (χ0n) is 12.2. The highest BCUT2D eigenvalue weighted by molar-refractivity contribution is 5.97. The third-order valence-electron chi connectivity index (χ3n) is 4.00. The number of aliphatic hydroxyl groups is 1. The molecule has 0 bridgehead atoms. The Kier molecular flexibility index (Phi) is 4.80. The molecule has 0 heterocycles. The summed E-state index contributed by atoms with van der Waals surface area (Å²) in [6, 6.07) is 4.81. The Morgan fingerprint density at radius 2 is 2.10 bits per heavy atom. The zero-order valence-corrected chi connectivity index (χ0v) is 12.2. The molecule has 0 unspecified atom stereocenters. The number of rotatable bonds is 5. The maximum absolute atomic E-state index is 14.3. The largest absolute Gasteiger partial charge is 0.409 e. The maximum Gasteiger partial charge on any atom is 0.173 e. The minimum absolute atomic E-state index is 0.0861. The molecule has 0 atom stereocenters. The van der Waals surface area contributed by atoms with Crippen molar-refractivity contribution in [3.8, 4) is 0 Å². The van der Waals surface area contributed by atoms with Gasteiger partial charge in [0.1, 0.15) is 5.82 Å². The predicted molar refractivity (Wildman–Crippen MR) is 78.7 cm³/mol. The number of hydrogen-bond acceptors (Lipinski definition) is 4. The Bertz CT molecular complexity index is 528. The van der Waals surface area contributed by atoms with E-state index in [2.05, 4.69) is 5.16 Å². The number of oxime groups is 1. The number of halogens is 1. The van der Waals surface area contributed by atoms with Crippen molar-refractivity contribution in [2.75, 3.05) is 13.6 Å². The highest BCUT2D eigenvalue weighted by Gasteiger charge is 2.32. The Morgan fingerprint density at radius 1 is 1.43 bits per heavy atom. The standard InChI is InChI=1S/C15H22FN3O2/c1-19(10-15(20)7-2-3-8-15)9-11-5-4-6-12(13(11)16)14(17)18-21/h4-6,20-21H,2-3,7-10H2,1H3,(H2,17,18). The molecule has 0 aliphatic heterocycles. The van der Waals surface area contributed by atoms with Crippen LogP contribution in [0.4, 0.5) is 4.39 Å². The Morgan fingerprint density at radius 3 is 2.71 bits per heavy atom. The average Bonchev–Trinajstić information content (AvgIpc) is 2.86. The van der Waals surface area contributed by atoms with E-state index in [-0.39, 0.29) is 11.4 Å². The van der Waals surface area contributed by atoms with Gasteiger partial charge in [-0.2, -0.15) is 0 Å². The summed E-state index contributed by atoms with van der Waals surface area (Å²) in [5, 5.41) is 21.9. The fraction of sp³-hybridized carbons (Fsp3) is 0.533. The average molecular weight is 295 g/mol. The molecule has 1 aromatic carbocycles. The van der Waals surface area contributed by atoms with E-state index in [0.29, 0.717) is 18.7 Å². The lowest BCUT2D eigenvalue weighted by Crippen LogP contribution is -2.39. The van der Waals surface area contributed by atoms with E-state index >= 15 is 0 Å². The van der Waals surface area contributed by atoms with Crippen molar-refractivity contribution in [2.45, 2.75) is 37.8 Å². The van der Waals surface area contributed by atoms with Gasteiger partial charge in [0.25, 0.3) is 0 Å². The normalized spacial score (nSPS) is 18.4. The summed E-state index contributed by atoms with van der Waals surface area (Å²) in [6.45, 7) is 0.876. The fourth-order valence-corrected chi connectivity index (χ4v) is 2.99. The second kappa shape index (κ2) is 6.41. The molecule has 21 heavy (non-hydrogen) atoms. The van der Waals surface area contributed by atoms with E-state index in [9.17, 15) is 9.50 Å². The molecule has 0 saturated heterocycles. The van der Waals surface area contributed by atoms with E-state index in [1.165, 1.54) is 6.07 Å². The summed E-state index contributed by atoms with van der Waals surface area (Å²) in [5.41, 5.74) is 5.34. The van der Waals surface area contributed by atoms with Crippen molar-refractivity contribution in [3.05, 3.63) is 35.1 Å². The third kappa shape index (κ3) is 3.71. The number of benzene rings is 1. The lowest BCUT2D eigenvalue weighted by atomic mass is 10.0. The Balaban J connectivity index is 2.09. The third-order valence-corrected chi connectivity index (χ3v) is 4.00. The van der Waals surface area contributed by atoms with Crippen LogP contribution in [-0.2, 0) is 6.54 Å². The molecule has 6 heteroatoms. The molecule has 0 spiro atoms. The van der Waals surface area contributed by atoms with Gasteiger partial charge in [0, 0.05) is 18.7 Å². The van der Waals surface area contributed by atoms with Crippen molar-refractivity contribution >= 4 is 5.84 Å². The summed E-state index contributed by atoms with van der Waals surface area (Å²) in [7, 11) is 1.85. The lowest BCUT2D eigenvalue weighted by Gasteiger charge is -2.28. The van der Waals surface area contributed by atoms with E-state index < -0.39 is 11.4 Å². The van der Waals surface area contributed by atoms with Gasteiger partial charge >= 0.3 is 0 Å². The summed E-state index contributed by atoms with van der Waals surface area (Å²) in [6.07, 6.45) is 3.67. The lowest BCUT2D eigenvalue weighted by molar-refractivity contribution is 0.0143. The molecular formula is C15H22FN3O2. The smallest absolute Gasteiger partial charge is 0.173 e. The quantitative estimate of drug-likeness (QED) is 0.334. The summed E-state index contributed by atoms with van der Waals surface area (Å²) in [4.78, 5) is 1.90. The first-order valence-corrected chi connectivity index (χ1v) is 7.11. The Labute approximate surface area is 123 Å². The van der Waals surface area contributed by atoms with Crippen LogP contribution in [0.25, 0.3) is 0 Å².